The molecule has 0 saturated carbocycles. The van der Waals surface area contributed by atoms with Gasteiger partial charge in [-0.1, -0.05) is 30.3 Å². The molecule has 1 aromatic carbocycles. The molecule has 1 atom stereocenters. The van der Waals surface area contributed by atoms with Crippen molar-refractivity contribution in [3.05, 3.63) is 47.5 Å². The Labute approximate surface area is 125 Å². The van der Waals surface area contributed by atoms with Crippen LogP contribution in [-0.2, 0) is 19.9 Å². The summed E-state index contributed by atoms with van der Waals surface area (Å²) >= 11 is 0. The lowest BCUT2D eigenvalue weighted by Gasteiger charge is -2.17. The van der Waals surface area contributed by atoms with Crippen LogP contribution >= 0.6 is 0 Å². The van der Waals surface area contributed by atoms with E-state index in [0.717, 1.165) is 37.2 Å². The maximum atomic E-state index is 13.8. The lowest BCUT2D eigenvalue weighted by molar-refractivity contribution is 0.457. The smallest absolute Gasteiger partial charge is 0.126 e. The van der Waals surface area contributed by atoms with Gasteiger partial charge in [0.2, 0.25) is 0 Å². The summed E-state index contributed by atoms with van der Waals surface area (Å²) in [5.41, 5.74) is 1.72. The molecule has 4 nitrogen and oxygen atoms in total. The highest BCUT2D eigenvalue weighted by atomic mass is 19.1. The van der Waals surface area contributed by atoms with Crippen molar-refractivity contribution in [1.82, 2.24) is 20.3 Å². The summed E-state index contributed by atoms with van der Waals surface area (Å²) in [6.45, 7) is 3.98. The average Bonchev–Trinajstić information content (AvgIpc) is 2.87. The molecule has 0 radical (unpaired) electrons. The molecule has 1 aromatic heterocycles. The maximum Gasteiger partial charge on any atom is 0.126 e. The highest BCUT2D eigenvalue weighted by Gasteiger charge is 2.14. The fourth-order valence-corrected chi connectivity index (χ4v) is 2.46. The van der Waals surface area contributed by atoms with Gasteiger partial charge in [-0.2, -0.15) is 0 Å². The molecule has 1 unspecified atom stereocenters. The second-order valence-corrected chi connectivity index (χ2v) is 5.45. The molecule has 2 rings (SSSR count). The van der Waals surface area contributed by atoms with Gasteiger partial charge in [0.05, 0.1) is 5.69 Å². The summed E-state index contributed by atoms with van der Waals surface area (Å²) in [5.74, 6) is 0.183. The van der Waals surface area contributed by atoms with Gasteiger partial charge in [0, 0.05) is 13.2 Å². The standard InChI is InChI=1S/C16H23FN4/c1-3-8-18-11-13(10-15-12-21(2)20-19-15)9-14-6-4-5-7-16(14)17/h4-7,12-13,18H,3,8-11H2,1-2H3. The van der Waals surface area contributed by atoms with E-state index in [0.29, 0.717) is 12.3 Å². The van der Waals surface area contributed by atoms with Crippen LogP contribution < -0.4 is 5.32 Å². The number of hydrogen-bond donors (Lipinski definition) is 1. The fourth-order valence-electron chi connectivity index (χ4n) is 2.46. The summed E-state index contributed by atoms with van der Waals surface area (Å²) in [4.78, 5) is 0. The lowest BCUT2D eigenvalue weighted by atomic mass is 9.94. The predicted molar refractivity (Wildman–Crippen MR) is 81.5 cm³/mol. The molecule has 0 amide bonds. The van der Waals surface area contributed by atoms with E-state index in [1.165, 1.54) is 6.07 Å². The Balaban J connectivity index is 2.02. The SMILES string of the molecule is CCCNCC(Cc1cn(C)nn1)Cc1ccccc1F. The number of nitrogens with one attached hydrogen (secondary N) is 1. The van der Waals surface area contributed by atoms with Gasteiger partial charge >= 0.3 is 0 Å². The van der Waals surface area contributed by atoms with Crippen LogP contribution in [0.4, 0.5) is 4.39 Å². The molecular weight excluding hydrogens is 267 g/mol. The Morgan fingerprint density at radius 3 is 2.76 bits per heavy atom. The number of benzene rings is 1. The Kier molecular flexibility index (Phi) is 5.87. The van der Waals surface area contributed by atoms with Gasteiger partial charge < -0.3 is 5.32 Å². The summed E-state index contributed by atoms with van der Waals surface area (Å²) in [5, 5.41) is 11.5. The van der Waals surface area contributed by atoms with Crippen molar-refractivity contribution in [2.45, 2.75) is 26.2 Å². The molecule has 0 spiro atoms. The first-order valence-electron chi connectivity index (χ1n) is 7.48. The maximum absolute atomic E-state index is 13.8. The molecule has 114 valence electrons. The number of hydrogen-bond acceptors (Lipinski definition) is 3. The number of aromatic nitrogens is 3. The van der Waals surface area contributed by atoms with Crippen LogP contribution in [0.1, 0.15) is 24.6 Å². The van der Waals surface area contributed by atoms with E-state index in [1.807, 2.05) is 25.4 Å². The van der Waals surface area contributed by atoms with Crippen LogP contribution in [0.25, 0.3) is 0 Å². The topological polar surface area (TPSA) is 42.7 Å². The van der Waals surface area contributed by atoms with E-state index in [-0.39, 0.29) is 5.82 Å². The van der Waals surface area contributed by atoms with Crippen molar-refractivity contribution in [2.75, 3.05) is 13.1 Å². The normalized spacial score (nSPS) is 12.5. The largest absolute Gasteiger partial charge is 0.316 e. The van der Waals surface area contributed by atoms with Gasteiger partial charge in [0.15, 0.2) is 0 Å². The van der Waals surface area contributed by atoms with Crippen molar-refractivity contribution in [3.63, 3.8) is 0 Å². The van der Waals surface area contributed by atoms with E-state index in [2.05, 4.69) is 22.6 Å². The van der Waals surface area contributed by atoms with Gasteiger partial charge in [-0.3, -0.25) is 4.68 Å². The third kappa shape index (κ3) is 4.93. The molecule has 21 heavy (non-hydrogen) atoms. The van der Waals surface area contributed by atoms with Gasteiger partial charge in [-0.05, 0) is 49.9 Å². The van der Waals surface area contributed by atoms with E-state index >= 15 is 0 Å². The third-order valence-corrected chi connectivity index (χ3v) is 3.47. The monoisotopic (exact) mass is 290 g/mol. The first-order chi connectivity index (χ1) is 10.2. The minimum absolute atomic E-state index is 0.128. The highest BCUT2D eigenvalue weighted by Crippen LogP contribution is 2.15. The molecule has 1 N–H and O–H groups in total. The first-order valence-corrected chi connectivity index (χ1v) is 7.48. The summed E-state index contributed by atoms with van der Waals surface area (Å²) < 4.78 is 15.5. The van der Waals surface area contributed by atoms with Gasteiger partial charge in [0.25, 0.3) is 0 Å². The number of halogens is 1. The van der Waals surface area contributed by atoms with E-state index in [1.54, 1.807) is 10.7 Å². The summed E-state index contributed by atoms with van der Waals surface area (Å²) in [6, 6.07) is 7.00. The first kappa shape index (κ1) is 15.6. The van der Waals surface area contributed by atoms with Gasteiger partial charge in [-0.15, -0.1) is 5.10 Å². The van der Waals surface area contributed by atoms with Crippen molar-refractivity contribution in [1.29, 1.82) is 0 Å². The molecule has 0 aliphatic rings. The van der Waals surface area contributed by atoms with Crippen LogP contribution in [0.2, 0.25) is 0 Å². The number of nitrogens with zero attached hydrogens (tertiary/aromatic N) is 3. The number of aryl methyl sites for hydroxylation is 1. The molecule has 0 bridgehead atoms. The zero-order chi connectivity index (χ0) is 15.1. The Bertz CT molecular complexity index is 553. The lowest BCUT2D eigenvalue weighted by Crippen LogP contribution is -2.27. The molecule has 0 aliphatic heterocycles. The van der Waals surface area contributed by atoms with Crippen molar-refractivity contribution < 1.29 is 4.39 Å². The molecule has 2 aromatic rings. The highest BCUT2D eigenvalue weighted by molar-refractivity contribution is 5.18. The molecule has 1 heterocycles. The van der Waals surface area contributed by atoms with E-state index < -0.39 is 0 Å². The van der Waals surface area contributed by atoms with Crippen molar-refractivity contribution in [2.24, 2.45) is 13.0 Å². The van der Waals surface area contributed by atoms with Gasteiger partial charge in [-0.25, -0.2) is 4.39 Å². The number of rotatable bonds is 8. The predicted octanol–water partition coefficient (Wildman–Crippen LogP) is 2.36. The zero-order valence-electron chi connectivity index (χ0n) is 12.7. The van der Waals surface area contributed by atoms with E-state index in [4.69, 9.17) is 0 Å². The molecule has 0 fully saturated rings. The Morgan fingerprint density at radius 2 is 2.10 bits per heavy atom. The Hall–Kier alpha value is -1.75. The van der Waals surface area contributed by atoms with Crippen LogP contribution in [0.3, 0.4) is 0 Å². The Morgan fingerprint density at radius 1 is 1.29 bits per heavy atom. The third-order valence-electron chi connectivity index (χ3n) is 3.47. The minimum atomic E-state index is -0.128. The molecule has 0 saturated heterocycles. The minimum Gasteiger partial charge on any atom is -0.316 e. The average molecular weight is 290 g/mol. The van der Waals surface area contributed by atoms with Crippen molar-refractivity contribution in [3.8, 4) is 0 Å². The second kappa shape index (κ2) is 7.88. The molecule has 5 heteroatoms. The van der Waals surface area contributed by atoms with Crippen LogP contribution in [-0.4, -0.2) is 28.1 Å². The molecular formula is C16H23FN4. The van der Waals surface area contributed by atoms with Crippen LogP contribution in [0.5, 0.6) is 0 Å². The zero-order valence-corrected chi connectivity index (χ0v) is 12.7. The summed E-state index contributed by atoms with van der Waals surface area (Å²) in [6.07, 6.45) is 4.53. The quantitative estimate of drug-likeness (QED) is 0.759. The van der Waals surface area contributed by atoms with Gasteiger partial charge in [0.1, 0.15) is 5.82 Å². The van der Waals surface area contributed by atoms with Crippen molar-refractivity contribution >= 4 is 0 Å². The second-order valence-electron chi connectivity index (χ2n) is 5.45. The van der Waals surface area contributed by atoms with E-state index in [9.17, 15) is 4.39 Å². The van der Waals surface area contributed by atoms with Crippen LogP contribution in [0.15, 0.2) is 30.5 Å². The molecule has 0 aliphatic carbocycles. The summed E-state index contributed by atoms with van der Waals surface area (Å²) in [7, 11) is 1.86. The fraction of sp³-hybridized carbons (Fsp3) is 0.500. The van der Waals surface area contributed by atoms with Crippen LogP contribution in [0, 0.1) is 11.7 Å².